The fourth-order valence-corrected chi connectivity index (χ4v) is 2.89. The molecule has 8 bridgehead atoms. The second-order valence-corrected chi connectivity index (χ2v) is 5.83. The summed E-state index contributed by atoms with van der Waals surface area (Å²) < 4.78 is 5.63. The molecule has 5 nitrogen and oxygen atoms in total. The molecule has 0 fully saturated rings. The first-order chi connectivity index (χ1) is 11.8. The zero-order valence-corrected chi connectivity index (χ0v) is 12.7. The minimum Gasteiger partial charge on any atom is -0.472 e. The second kappa shape index (κ2) is 5.09. The number of aromatic amines is 1. The SMILES string of the molecule is C1=CC2=NC1=CC1=COC(C=C3C=CC(=N3)C=c3ccc([nH]3)=C2)N1. The summed E-state index contributed by atoms with van der Waals surface area (Å²) in [5.41, 5.74) is 4.50. The van der Waals surface area contributed by atoms with Crippen molar-refractivity contribution in [2.75, 3.05) is 0 Å². The van der Waals surface area contributed by atoms with E-state index in [0.717, 1.165) is 39.2 Å². The summed E-state index contributed by atoms with van der Waals surface area (Å²) in [7, 11) is 0. The average Bonchev–Trinajstić information content (AvgIpc) is 3.32. The molecule has 4 aliphatic heterocycles. The molecule has 5 heterocycles. The van der Waals surface area contributed by atoms with Crippen molar-refractivity contribution in [3.8, 4) is 0 Å². The number of hydrogen-bond donors (Lipinski definition) is 2. The molecule has 1 unspecified atom stereocenters. The maximum Gasteiger partial charge on any atom is 0.191 e. The van der Waals surface area contributed by atoms with E-state index < -0.39 is 0 Å². The number of ether oxygens (including phenoxy) is 1. The highest BCUT2D eigenvalue weighted by molar-refractivity contribution is 6.20. The standard InChI is InChI=1S/C19H14N4O/c1-2-13-8-15-5-6-17(22-15)10-19-23-18(11-24-19)9-16-4-3-14(21-16)7-12(1)20-13/h1-11,19-20,23H. The fraction of sp³-hybridized carbons (Fsp3) is 0.0526. The van der Waals surface area contributed by atoms with Gasteiger partial charge in [0.05, 0.1) is 28.5 Å². The Balaban J connectivity index is 1.65. The molecule has 0 saturated heterocycles. The summed E-state index contributed by atoms with van der Waals surface area (Å²) in [6.45, 7) is 0. The summed E-state index contributed by atoms with van der Waals surface area (Å²) in [6, 6.07) is 4.08. The molecule has 5 heteroatoms. The van der Waals surface area contributed by atoms with Crippen LogP contribution >= 0.6 is 0 Å². The van der Waals surface area contributed by atoms with Gasteiger partial charge in [-0.1, -0.05) is 0 Å². The zero-order chi connectivity index (χ0) is 15.9. The van der Waals surface area contributed by atoms with Crippen molar-refractivity contribution in [2.45, 2.75) is 6.23 Å². The van der Waals surface area contributed by atoms with E-state index in [2.05, 4.69) is 20.3 Å². The molecule has 0 aliphatic carbocycles. The Hall–Kier alpha value is -3.34. The van der Waals surface area contributed by atoms with Gasteiger partial charge in [0, 0.05) is 16.8 Å². The quantitative estimate of drug-likeness (QED) is 0.755. The lowest BCUT2D eigenvalue weighted by Crippen LogP contribution is -2.21. The number of nitrogens with zero attached hydrogens (tertiary/aromatic N) is 2. The molecule has 0 saturated carbocycles. The third kappa shape index (κ3) is 2.46. The second-order valence-electron chi connectivity index (χ2n) is 5.83. The molecule has 1 atom stereocenters. The Morgan fingerprint density at radius 3 is 2.33 bits per heavy atom. The Morgan fingerprint density at radius 2 is 1.54 bits per heavy atom. The summed E-state index contributed by atoms with van der Waals surface area (Å²) >= 11 is 0. The lowest BCUT2D eigenvalue weighted by atomic mass is 10.3. The van der Waals surface area contributed by atoms with E-state index in [4.69, 9.17) is 4.74 Å². The summed E-state index contributed by atoms with van der Waals surface area (Å²) in [5, 5.41) is 5.31. The normalized spacial score (nSPS) is 23.2. The fourth-order valence-electron chi connectivity index (χ4n) is 2.89. The molecule has 2 N–H and O–H groups in total. The average molecular weight is 314 g/mol. The Morgan fingerprint density at radius 1 is 0.833 bits per heavy atom. The molecule has 0 radical (unpaired) electrons. The van der Waals surface area contributed by atoms with Gasteiger partial charge in [-0.25, -0.2) is 9.98 Å². The van der Waals surface area contributed by atoms with Gasteiger partial charge in [0.15, 0.2) is 6.23 Å². The van der Waals surface area contributed by atoms with Crippen LogP contribution in [0.3, 0.4) is 0 Å². The lowest BCUT2D eigenvalue weighted by Gasteiger charge is -2.06. The van der Waals surface area contributed by atoms with E-state index in [0.29, 0.717) is 0 Å². The van der Waals surface area contributed by atoms with Crippen LogP contribution in [-0.4, -0.2) is 22.6 Å². The maximum atomic E-state index is 5.63. The number of H-pyrrole nitrogens is 1. The molecule has 1 aromatic rings. The highest BCUT2D eigenvalue weighted by atomic mass is 16.5. The summed E-state index contributed by atoms with van der Waals surface area (Å²) in [5.74, 6) is 0. The van der Waals surface area contributed by atoms with Crippen LogP contribution in [0.5, 0.6) is 0 Å². The van der Waals surface area contributed by atoms with Crippen molar-refractivity contribution >= 4 is 23.6 Å². The van der Waals surface area contributed by atoms with Gasteiger partial charge < -0.3 is 15.0 Å². The number of rotatable bonds is 0. The van der Waals surface area contributed by atoms with Gasteiger partial charge in [0.2, 0.25) is 0 Å². The van der Waals surface area contributed by atoms with Gasteiger partial charge >= 0.3 is 0 Å². The molecule has 0 spiro atoms. The smallest absolute Gasteiger partial charge is 0.191 e. The van der Waals surface area contributed by atoms with Crippen LogP contribution < -0.4 is 16.0 Å². The molecular weight excluding hydrogens is 300 g/mol. The number of fused-ring (bicyclic) bond motifs is 6. The first-order valence-corrected chi connectivity index (χ1v) is 7.78. The zero-order valence-electron chi connectivity index (χ0n) is 12.7. The van der Waals surface area contributed by atoms with Gasteiger partial charge in [-0.15, -0.1) is 0 Å². The van der Waals surface area contributed by atoms with Crippen molar-refractivity contribution in [1.29, 1.82) is 0 Å². The van der Waals surface area contributed by atoms with Crippen LogP contribution in [0.4, 0.5) is 0 Å². The van der Waals surface area contributed by atoms with E-state index >= 15 is 0 Å². The van der Waals surface area contributed by atoms with E-state index in [9.17, 15) is 0 Å². The van der Waals surface area contributed by atoms with Gasteiger partial charge in [0.25, 0.3) is 0 Å². The monoisotopic (exact) mass is 314 g/mol. The Kier molecular flexibility index (Phi) is 2.79. The molecule has 4 aliphatic rings. The highest BCUT2D eigenvalue weighted by Crippen LogP contribution is 2.18. The third-order valence-electron chi connectivity index (χ3n) is 3.98. The topological polar surface area (TPSA) is 61.8 Å². The van der Waals surface area contributed by atoms with Crippen LogP contribution in [0.15, 0.2) is 81.9 Å². The van der Waals surface area contributed by atoms with Crippen molar-refractivity contribution < 1.29 is 4.74 Å². The first-order valence-electron chi connectivity index (χ1n) is 7.78. The van der Waals surface area contributed by atoms with Crippen molar-refractivity contribution in [2.24, 2.45) is 9.98 Å². The Bertz CT molecular complexity index is 1060. The molecular formula is C19H14N4O. The number of allylic oxidation sites excluding steroid dienone is 5. The molecule has 116 valence electrons. The summed E-state index contributed by atoms with van der Waals surface area (Å²) in [6.07, 6.45) is 17.4. The molecule has 24 heavy (non-hydrogen) atoms. The van der Waals surface area contributed by atoms with Crippen LogP contribution in [0, 0.1) is 0 Å². The van der Waals surface area contributed by atoms with Gasteiger partial charge in [-0.3, -0.25) is 0 Å². The number of hydrogen-bond acceptors (Lipinski definition) is 4. The molecule has 5 rings (SSSR count). The maximum absolute atomic E-state index is 5.63. The van der Waals surface area contributed by atoms with E-state index in [1.165, 1.54) is 0 Å². The number of aromatic nitrogens is 1. The number of aliphatic imine (C=N–C) groups is 2. The Labute approximate surface area is 138 Å². The van der Waals surface area contributed by atoms with E-state index in [-0.39, 0.29) is 6.23 Å². The minimum atomic E-state index is -0.218. The predicted molar refractivity (Wildman–Crippen MR) is 94.4 cm³/mol. The van der Waals surface area contributed by atoms with Crippen LogP contribution in [0.1, 0.15) is 0 Å². The largest absolute Gasteiger partial charge is 0.472 e. The van der Waals surface area contributed by atoms with Gasteiger partial charge in [0.1, 0.15) is 6.26 Å². The first kappa shape index (κ1) is 13.1. The number of nitrogens with one attached hydrogen (secondary N) is 2. The predicted octanol–water partition coefficient (Wildman–Crippen LogP) is 1.17. The minimum absolute atomic E-state index is 0.218. The molecule has 0 aromatic carbocycles. The highest BCUT2D eigenvalue weighted by Gasteiger charge is 2.16. The lowest BCUT2D eigenvalue weighted by molar-refractivity contribution is 0.196. The van der Waals surface area contributed by atoms with Crippen LogP contribution in [-0.2, 0) is 4.74 Å². The van der Waals surface area contributed by atoms with Crippen LogP contribution in [0.2, 0.25) is 0 Å². The van der Waals surface area contributed by atoms with Crippen molar-refractivity contribution in [3.05, 3.63) is 82.6 Å². The van der Waals surface area contributed by atoms with E-state index in [1.807, 2.05) is 60.7 Å². The van der Waals surface area contributed by atoms with E-state index in [1.54, 1.807) is 6.26 Å². The van der Waals surface area contributed by atoms with Gasteiger partial charge in [-0.2, -0.15) is 0 Å². The van der Waals surface area contributed by atoms with Crippen molar-refractivity contribution in [1.82, 2.24) is 10.3 Å². The van der Waals surface area contributed by atoms with Crippen LogP contribution in [0.25, 0.3) is 12.2 Å². The summed E-state index contributed by atoms with van der Waals surface area (Å²) in [4.78, 5) is 12.6. The van der Waals surface area contributed by atoms with Gasteiger partial charge in [-0.05, 0) is 54.7 Å². The molecule has 1 aromatic heterocycles. The third-order valence-corrected chi connectivity index (χ3v) is 3.98. The van der Waals surface area contributed by atoms with Crippen molar-refractivity contribution in [3.63, 3.8) is 0 Å². The molecule has 0 amide bonds.